The summed E-state index contributed by atoms with van der Waals surface area (Å²) in [5.41, 5.74) is 2.36. The Morgan fingerprint density at radius 3 is 2.56 bits per heavy atom. The first-order valence-corrected chi connectivity index (χ1v) is 8.45. The molecule has 3 rings (SSSR count). The number of hydrogen-bond acceptors (Lipinski definition) is 4. The number of ether oxygens (including phenoxy) is 1. The summed E-state index contributed by atoms with van der Waals surface area (Å²) in [4.78, 5) is 33.2. The third kappa shape index (κ3) is 4.27. The molecular formula is C20H21N3O4. The van der Waals surface area contributed by atoms with Gasteiger partial charge in [0, 0.05) is 29.7 Å². The van der Waals surface area contributed by atoms with Crippen LogP contribution in [0.3, 0.4) is 0 Å². The number of aromatic nitrogens is 1. The van der Waals surface area contributed by atoms with Crippen LogP contribution in [0.15, 0.2) is 60.8 Å². The van der Waals surface area contributed by atoms with Crippen molar-refractivity contribution in [3.8, 4) is 0 Å². The van der Waals surface area contributed by atoms with E-state index in [1.54, 1.807) is 6.20 Å². The summed E-state index contributed by atoms with van der Waals surface area (Å²) in [6, 6.07) is 15.9. The zero-order valence-electron chi connectivity index (χ0n) is 15.1. The molecule has 1 aromatic heterocycles. The van der Waals surface area contributed by atoms with Gasteiger partial charge in [0.1, 0.15) is 12.6 Å². The van der Waals surface area contributed by atoms with Crippen molar-refractivity contribution in [1.82, 2.24) is 15.4 Å². The summed E-state index contributed by atoms with van der Waals surface area (Å²) < 4.78 is 5.26. The number of nitrogens with zero attached hydrogens (tertiary/aromatic N) is 1. The first-order valence-electron chi connectivity index (χ1n) is 8.45. The molecule has 7 heteroatoms. The molecule has 0 aliphatic heterocycles. The molecule has 1 atom stereocenters. The number of hydrogen-bond donors (Lipinski definition) is 2. The molecule has 0 aliphatic carbocycles. The van der Waals surface area contributed by atoms with E-state index in [1.807, 2.05) is 54.6 Å². The van der Waals surface area contributed by atoms with Gasteiger partial charge < -0.3 is 15.0 Å². The van der Waals surface area contributed by atoms with E-state index in [1.165, 1.54) is 14.2 Å². The highest BCUT2D eigenvalue weighted by atomic mass is 16.7. The van der Waals surface area contributed by atoms with Crippen LogP contribution in [-0.2, 0) is 21.0 Å². The van der Waals surface area contributed by atoms with Crippen molar-refractivity contribution < 1.29 is 19.2 Å². The van der Waals surface area contributed by atoms with E-state index < -0.39 is 18.0 Å². The van der Waals surface area contributed by atoms with Crippen molar-refractivity contribution >= 4 is 22.9 Å². The minimum absolute atomic E-state index is 0.113. The highest BCUT2D eigenvalue weighted by Gasteiger charge is 2.29. The van der Waals surface area contributed by atoms with E-state index in [4.69, 9.17) is 9.57 Å². The first-order chi connectivity index (χ1) is 13.1. The van der Waals surface area contributed by atoms with Crippen LogP contribution in [0.5, 0.6) is 0 Å². The minimum atomic E-state index is -0.950. The first kappa shape index (κ1) is 18.5. The van der Waals surface area contributed by atoms with Crippen LogP contribution >= 0.6 is 0 Å². The largest absolute Gasteiger partial charge is 0.445 e. The Hall–Kier alpha value is -3.32. The number of para-hydroxylation sites is 1. The maximum absolute atomic E-state index is 12.7. The second-order valence-corrected chi connectivity index (χ2v) is 5.95. The number of carbonyl (C=O) groups excluding carboxylic acids is 2. The van der Waals surface area contributed by atoms with Crippen LogP contribution in [-0.4, -0.2) is 36.2 Å². The van der Waals surface area contributed by atoms with Crippen molar-refractivity contribution in [1.29, 1.82) is 0 Å². The van der Waals surface area contributed by atoms with E-state index in [0.29, 0.717) is 5.56 Å². The minimum Gasteiger partial charge on any atom is -0.445 e. The molecular weight excluding hydrogens is 346 g/mol. The molecule has 0 saturated carbocycles. The zero-order valence-corrected chi connectivity index (χ0v) is 15.1. The Kier molecular flexibility index (Phi) is 5.73. The van der Waals surface area contributed by atoms with Gasteiger partial charge in [-0.3, -0.25) is 9.63 Å². The van der Waals surface area contributed by atoms with Crippen LogP contribution in [0.1, 0.15) is 17.2 Å². The monoisotopic (exact) mass is 367 g/mol. The average molecular weight is 367 g/mol. The summed E-state index contributed by atoms with van der Waals surface area (Å²) in [7, 11) is 2.87. The SMILES string of the molecule is CON(C)C(=O)C(NC(=O)OCc1ccccc1)c1c[nH]c2ccccc12. The van der Waals surface area contributed by atoms with Crippen LogP contribution in [0.2, 0.25) is 0 Å². The molecule has 0 fully saturated rings. The quantitative estimate of drug-likeness (QED) is 0.656. The van der Waals surface area contributed by atoms with E-state index in [-0.39, 0.29) is 6.61 Å². The Bertz CT molecular complexity index is 923. The standard InChI is InChI=1S/C20H21N3O4/c1-23(26-2)19(24)18(16-12-21-17-11-7-6-10-15(16)17)22-20(25)27-13-14-8-4-3-5-9-14/h3-12,18,21H,13H2,1-2H3,(H,22,25). The number of fused-ring (bicyclic) bond motifs is 1. The van der Waals surface area contributed by atoms with E-state index in [9.17, 15) is 9.59 Å². The number of amides is 2. The molecule has 0 saturated heterocycles. The van der Waals surface area contributed by atoms with Gasteiger partial charge in [-0.05, 0) is 11.6 Å². The van der Waals surface area contributed by atoms with Gasteiger partial charge in [0.2, 0.25) is 0 Å². The van der Waals surface area contributed by atoms with Crippen LogP contribution in [0.25, 0.3) is 10.9 Å². The second-order valence-electron chi connectivity index (χ2n) is 5.95. The fraction of sp³-hybridized carbons (Fsp3) is 0.200. The lowest BCUT2D eigenvalue weighted by Gasteiger charge is -2.22. The van der Waals surface area contributed by atoms with Gasteiger partial charge in [-0.15, -0.1) is 0 Å². The molecule has 1 heterocycles. The maximum atomic E-state index is 12.7. The second kappa shape index (κ2) is 8.37. The Morgan fingerprint density at radius 1 is 1.11 bits per heavy atom. The van der Waals surface area contributed by atoms with Gasteiger partial charge in [-0.1, -0.05) is 48.5 Å². The van der Waals surface area contributed by atoms with Gasteiger partial charge in [-0.2, -0.15) is 0 Å². The summed E-state index contributed by atoms with van der Waals surface area (Å²) in [6.45, 7) is 0.113. The summed E-state index contributed by atoms with van der Waals surface area (Å²) in [5, 5.41) is 4.55. The highest BCUT2D eigenvalue weighted by Crippen LogP contribution is 2.25. The Morgan fingerprint density at radius 2 is 1.81 bits per heavy atom. The van der Waals surface area contributed by atoms with Crippen molar-refractivity contribution in [2.24, 2.45) is 0 Å². The number of benzene rings is 2. The van der Waals surface area contributed by atoms with Crippen LogP contribution < -0.4 is 5.32 Å². The van der Waals surface area contributed by atoms with E-state index in [2.05, 4.69) is 10.3 Å². The van der Waals surface area contributed by atoms with Gasteiger partial charge in [0.15, 0.2) is 0 Å². The number of H-pyrrole nitrogens is 1. The third-order valence-corrected chi connectivity index (χ3v) is 4.24. The lowest BCUT2D eigenvalue weighted by molar-refractivity contribution is -0.171. The molecule has 2 aromatic carbocycles. The molecule has 2 N–H and O–H groups in total. The number of hydroxylamine groups is 2. The van der Waals surface area contributed by atoms with Crippen molar-refractivity contribution in [3.63, 3.8) is 0 Å². The number of rotatable bonds is 6. The number of carbonyl (C=O) groups is 2. The predicted octanol–water partition coefficient (Wildman–Crippen LogP) is 3.16. The molecule has 7 nitrogen and oxygen atoms in total. The van der Waals surface area contributed by atoms with Crippen molar-refractivity contribution in [2.75, 3.05) is 14.2 Å². The molecule has 0 bridgehead atoms. The van der Waals surface area contributed by atoms with Gasteiger partial charge >= 0.3 is 6.09 Å². The molecule has 140 valence electrons. The van der Waals surface area contributed by atoms with Crippen LogP contribution in [0, 0.1) is 0 Å². The molecule has 2 amide bonds. The van der Waals surface area contributed by atoms with Gasteiger partial charge in [0.25, 0.3) is 5.91 Å². The van der Waals surface area contributed by atoms with Crippen molar-refractivity contribution in [3.05, 3.63) is 71.9 Å². The number of aromatic amines is 1. The number of likely N-dealkylation sites (N-methyl/N-ethyl adjacent to an activating group) is 1. The summed E-state index contributed by atoms with van der Waals surface area (Å²) in [6.07, 6.45) is 1.01. The number of alkyl carbamates (subject to hydrolysis) is 1. The third-order valence-electron chi connectivity index (χ3n) is 4.24. The zero-order chi connectivity index (χ0) is 19.2. The van der Waals surface area contributed by atoms with Gasteiger partial charge in [0.05, 0.1) is 7.11 Å². The highest BCUT2D eigenvalue weighted by molar-refractivity contribution is 5.93. The van der Waals surface area contributed by atoms with E-state index in [0.717, 1.165) is 21.5 Å². The average Bonchev–Trinajstić information content (AvgIpc) is 3.14. The Labute approximate surface area is 156 Å². The fourth-order valence-corrected chi connectivity index (χ4v) is 2.76. The predicted molar refractivity (Wildman–Crippen MR) is 101 cm³/mol. The molecule has 0 radical (unpaired) electrons. The lowest BCUT2D eigenvalue weighted by atomic mass is 10.1. The van der Waals surface area contributed by atoms with Gasteiger partial charge in [-0.25, -0.2) is 9.86 Å². The smallest absolute Gasteiger partial charge is 0.408 e. The summed E-state index contributed by atoms with van der Waals surface area (Å²) >= 11 is 0. The van der Waals surface area contributed by atoms with Crippen LogP contribution in [0.4, 0.5) is 4.79 Å². The molecule has 3 aromatic rings. The Balaban J connectivity index is 1.80. The normalized spacial score (nSPS) is 11.8. The molecule has 27 heavy (non-hydrogen) atoms. The topological polar surface area (TPSA) is 83.7 Å². The molecule has 0 spiro atoms. The molecule has 1 unspecified atom stereocenters. The number of nitrogens with one attached hydrogen (secondary N) is 2. The van der Waals surface area contributed by atoms with Crippen molar-refractivity contribution in [2.45, 2.75) is 12.6 Å². The fourth-order valence-electron chi connectivity index (χ4n) is 2.76. The maximum Gasteiger partial charge on any atom is 0.408 e. The van der Waals surface area contributed by atoms with E-state index >= 15 is 0 Å². The lowest BCUT2D eigenvalue weighted by Crippen LogP contribution is -2.41. The molecule has 0 aliphatic rings. The summed E-state index contributed by atoms with van der Waals surface area (Å²) in [5.74, 6) is -0.418.